The molecule has 0 saturated heterocycles. The summed E-state index contributed by atoms with van der Waals surface area (Å²) in [7, 11) is -3.81. The number of alkyl halides is 3. The number of hydrogen-bond acceptors (Lipinski definition) is 3. The molecule has 1 rings (SSSR count). The van der Waals surface area contributed by atoms with E-state index in [1.165, 1.54) is 0 Å². The normalized spacial score (nSPS) is 14.7. The Balaban J connectivity index is 3.09. The van der Waals surface area contributed by atoms with Crippen molar-refractivity contribution in [3.8, 4) is 0 Å². The Morgan fingerprint density at radius 3 is 2.32 bits per heavy atom. The fraction of sp³-hybridized carbons (Fsp3) is 0.500. The summed E-state index contributed by atoms with van der Waals surface area (Å²) >= 11 is 0. The number of halogens is 3. The topological polar surface area (TPSA) is 60.2 Å². The molecule has 0 aliphatic rings. The van der Waals surface area contributed by atoms with Crippen molar-refractivity contribution >= 4 is 9.84 Å². The summed E-state index contributed by atoms with van der Waals surface area (Å²) in [6.45, 7) is 3.51. The molecule has 108 valence electrons. The molecule has 0 bridgehead atoms. The van der Waals surface area contributed by atoms with Gasteiger partial charge in [0.15, 0.2) is 9.84 Å². The molecule has 7 heteroatoms. The minimum atomic E-state index is -4.56. The Hall–Kier alpha value is -1.08. The zero-order valence-corrected chi connectivity index (χ0v) is 11.4. The summed E-state index contributed by atoms with van der Waals surface area (Å²) in [4.78, 5) is -0.349. The zero-order chi connectivity index (χ0) is 14.8. The van der Waals surface area contributed by atoms with Gasteiger partial charge in [-0.3, -0.25) is 0 Å². The van der Waals surface area contributed by atoms with E-state index < -0.39 is 27.6 Å². The standard InChI is InChI=1S/C12H16F3NO2S/c1-8(2)11(16)7-19(17,18)10-5-3-4-9(6-10)12(13,14)15/h3-6,8,11H,7,16H2,1-2H3. The van der Waals surface area contributed by atoms with Gasteiger partial charge in [0.1, 0.15) is 0 Å². The first-order chi connectivity index (χ1) is 8.54. The average molecular weight is 295 g/mol. The van der Waals surface area contributed by atoms with E-state index in [0.717, 1.165) is 18.2 Å². The van der Waals surface area contributed by atoms with Crippen LogP contribution < -0.4 is 5.73 Å². The van der Waals surface area contributed by atoms with Crippen LogP contribution in [-0.4, -0.2) is 20.2 Å². The maximum absolute atomic E-state index is 12.5. The van der Waals surface area contributed by atoms with Gasteiger partial charge in [0.2, 0.25) is 0 Å². The molecule has 3 nitrogen and oxygen atoms in total. The van der Waals surface area contributed by atoms with Gasteiger partial charge in [0.25, 0.3) is 0 Å². The lowest BCUT2D eigenvalue weighted by molar-refractivity contribution is -0.137. The van der Waals surface area contributed by atoms with Crippen LogP contribution in [0.4, 0.5) is 13.2 Å². The molecule has 1 atom stereocenters. The largest absolute Gasteiger partial charge is 0.416 e. The second-order valence-corrected chi connectivity index (χ2v) is 6.75. The van der Waals surface area contributed by atoms with E-state index in [1.807, 2.05) is 0 Å². The lowest BCUT2D eigenvalue weighted by atomic mass is 10.1. The second kappa shape index (κ2) is 5.50. The van der Waals surface area contributed by atoms with Gasteiger partial charge in [-0.05, 0) is 24.1 Å². The summed E-state index contributed by atoms with van der Waals surface area (Å²) in [5, 5.41) is 0. The number of benzene rings is 1. The van der Waals surface area contributed by atoms with Gasteiger partial charge in [0, 0.05) is 6.04 Å². The summed E-state index contributed by atoms with van der Waals surface area (Å²) in [5.74, 6) is -0.438. The minimum absolute atomic E-state index is 0.0689. The van der Waals surface area contributed by atoms with Crippen LogP contribution in [0.5, 0.6) is 0 Å². The SMILES string of the molecule is CC(C)C(N)CS(=O)(=O)c1cccc(C(F)(F)F)c1. The molecular weight excluding hydrogens is 279 g/mol. The smallest absolute Gasteiger partial charge is 0.327 e. The van der Waals surface area contributed by atoms with Crippen LogP contribution in [-0.2, 0) is 16.0 Å². The van der Waals surface area contributed by atoms with Crippen LogP contribution in [0.25, 0.3) is 0 Å². The monoisotopic (exact) mass is 295 g/mol. The highest BCUT2D eigenvalue weighted by atomic mass is 32.2. The van der Waals surface area contributed by atoms with E-state index in [-0.39, 0.29) is 16.6 Å². The predicted molar refractivity (Wildman–Crippen MR) is 66.3 cm³/mol. The van der Waals surface area contributed by atoms with Crippen molar-refractivity contribution in [3.63, 3.8) is 0 Å². The van der Waals surface area contributed by atoms with Crippen LogP contribution in [0.3, 0.4) is 0 Å². The Labute approximate surface area is 110 Å². The Kier molecular flexibility index (Phi) is 4.63. The lowest BCUT2D eigenvalue weighted by Gasteiger charge is -2.16. The maximum Gasteiger partial charge on any atom is 0.416 e. The molecule has 0 amide bonds. The van der Waals surface area contributed by atoms with Gasteiger partial charge < -0.3 is 5.73 Å². The van der Waals surface area contributed by atoms with Crippen molar-refractivity contribution in [2.24, 2.45) is 11.7 Å². The molecule has 0 saturated carbocycles. The van der Waals surface area contributed by atoms with Crippen LogP contribution in [0.15, 0.2) is 29.2 Å². The van der Waals surface area contributed by atoms with Gasteiger partial charge in [-0.2, -0.15) is 13.2 Å². The molecule has 1 unspecified atom stereocenters. The van der Waals surface area contributed by atoms with E-state index >= 15 is 0 Å². The van der Waals surface area contributed by atoms with E-state index in [4.69, 9.17) is 5.73 Å². The Morgan fingerprint density at radius 2 is 1.84 bits per heavy atom. The maximum atomic E-state index is 12.5. The summed E-state index contributed by atoms with van der Waals surface area (Å²) < 4.78 is 61.5. The van der Waals surface area contributed by atoms with Crippen molar-refractivity contribution in [2.75, 3.05) is 5.75 Å². The van der Waals surface area contributed by atoms with Crippen LogP contribution in [0, 0.1) is 5.92 Å². The van der Waals surface area contributed by atoms with Crippen molar-refractivity contribution in [1.82, 2.24) is 0 Å². The quantitative estimate of drug-likeness (QED) is 0.928. The van der Waals surface area contributed by atoms with Crippen molar-refractivity contribution < 1.29 is 21.6 Å². The molecule has 0 radical (unpaired) electrons. The molecule has 1 aromatic carbocycles. The predicted octanol–water partition coefficient (Wildman–Crippen LogP) is 2.46. The van der Waals surface area contributed by atoms with Crippen LogP contribution >= 0.6 is 0 Å². The fourth-order valence-corrected chi connectivity index (χ4v) is 3.08. The number of rotatable bonds is 4. The van der Waals surface area contributed by atoms with Crippen molar-refractivity contribution in [1.29, 1.82) is 0 Å². The van der Waals surface area contributed by atoms with Gasteiger partial charge in [-0.15, -0.1) is 0 Å². The number of hydrogen-bond donors (Lipinski definition) is 1. The summed E-state index contributed by atoms with van der Waals surface area (Å²) in [6.07, 6.45) is -4.56. The molecule has 2 N–H and O–H groups in total. The molecule has 0 aliphatic heterocycles. The highest BCUT2D eigenvalue weighted by Crippen LogP contribution is 2.30. The number of nitrogens with two attached hydrogens (primary N) is 1. The molecule has 0 fully saturated rings. The third-order valence-electron chi connectivity index (χ3n) is 2.79. The lowest BCUT2D eigenvalue weighted by Crippen LogP contribution is -2.34. The van der Waals surface area contributed by atoms with Gasteiger partial charge in [0.05, 0.1) is 16.2 Å². The highest BCUT2D eigenvalue weighted by Gasteiger charge is 2.32. The van der Waals surface area contributed by atoms with Crippen molar-refractivity contribution in [2.45, 2.75) is 31.0 Å². The fourth-order valence-electron chi connectivity index (χ4n) is 1.41. The third-order valence-corrected chi connectivity index (χ3v) is 4.58. The van der Waals surface area contributed by atoms with E-state index in [2.05, 4.69) is 0 Å². The van der Waals surface area contributed by atoms with E-state index in [1.54, 1.807) is 13.8 Å². The first-order valence-corrected chi connectivity index (χ1v) is 7.35. The van der Waals surface area contributed by atoms with Crippen LogP contribution in [0.2, 0.25) is 0 Å². The van der Waals surface area contributed by atoms with Gasteiger partial charge in [-0.1, -0.05) is 19.9 Å². The molecule has 0 heterocycles. The molecule has 19 heavy (non-hydrogen) atoms. The zero-order valence-electron chi connectivity index (χ0n) is 10.6. The second-order valence-electron chi connectivity index (χ2n) is 4.71. The summed E-state index contributed by atoms with van der Waals surface area (Å²) in [5.41, 5.74) is 4.68. The third kappa shape index (κ3) is 4.21. The minimum Gasteiger partial charge on any atom is -0.327 e. The summed E-state index contributed by atoms with van der Waals surface area (Å²) in [6, 6.07) is 3.09. The highest BCUT2D eigenvalue weighted by molar-refractivity contribution is 7.91. The number of sulfone groups is 1. The molecule has 1 aromatic rings. The van der Waals surface area contributed by atoms with E-state index in [0.29, 0.717) is 6.07 Å². The van der Waals surface area contributed by atoms with Crippen molar-refractivity contribution in [3.05, 3.63) is 29.8 Å². The molecule has 0 aromatic heterocycles. The first kappa shape index (κ1) is 16.0. The van der Waals surface area contributed by atoms with E-state index in [9.17, 15) is 21.6 Å². The Bertz CT molecular complexity index is 538. The van der Waals surface area contributed by atoms with Gasteiger partial charge >= 0.3 is 6.18 Å². The van der Waals surface area contributed by atoms with Crippen LogP contribution in [0.1, 0.15) is 19.4 Å². The molecule has 0 aliphatic carbocycles. The molecular formula is C12H16F3NO2S. The van der Waals surface area contributed by atoms with Gasteiger partial charge in [-0.25, -0.2) is 8.42 Å². The molecule has 0 spiro atoms. The first-order valence-electron chi connectivity index (χ1n) is 5.69. The Morgan fingerprint density at radius 1 is 1.26 bits per heavy atom. The average Bonchev–Trinajstić information content (AvgIpc) is 2.27.